The van der Waals surface area contributed by atoms with E-state index in [-0.39, 0.29) is 71.5 Å². The third-order valence-electron chi connectivity index (χ3n) is 5.26. The fourth-order valence-corrected chi connectivity index (χ4v) is 3.53. The van der Waals surface area contributed by atoms with Gasteiger partial charge in [0.2, 0.25) is 11.8 Å². The normalized spacial score (nSPS) is 11.3. The van der Waals surface area contributed by atoms with Gasteiger partial charge in [-0.15, -0.1) is 0 Å². The SMILES string of the molecule is CCCCCCCCCCCCCCCCCCC(CC(N)=O)C(N)=O.[Na].[Na]. The molecular weight excluding hydrogens is 370 g/mol. The Balaban J connectivity index is -0.00000312. The minimum Gasteiger partial charge on any atom is -0.370 e. The number of amides is 2. The number of unbranched alkanes of at least 4 members (excludes halogenated alkanes) is 15. The van der Waals surface area contributed by atoms with Crippen LogP contribution in [0.1, 0.15) is 122 Å². The molecule has 0 heterocycles. The minimum absolute atomic E-state index is 0. The maximum absolute atomic E-state index is 11.2. The maximum atomic E-state index is 11.2. The van der Waals surface area contributed by atoms with E-state index >= 15 is 0 Å². The Labute approximate surface area is 218 Å². The van der Waals surface area contributed by atoms with Gasteiger partial charge in [-0.2, -0.15) is 0 Å². The van der Waals surface area contributed by atoms with Crippen molar-refractivity contribution in [3.05, 3.63) is 0 Å². The van der Waals surface area contributed by atoms with Crippen molar-refractivity contribution >= 4 is 70.9 Å². The van der Waals surface area contributed by atoms with E-state index in [1.54, 1.807) is 0 Å². The summed E-state index contributed by atoms with van der Waals surface area (Å²) in [7, 11) is 0. The van der Waals surface area contributed by atoms with Crippen LogP contribution in [0, 0.1) is 5.92 Å². The van der Waals surface area contributed by atoms with Gasteiger partial charge in [-0.3, -0.25) is 9.59 Å². The number of carbonyl (C=O) groups is 2. The molecule has 2 amide bonds. The molecule has 2 radical (unpaired) electrons. The summed E-state index contributed by atoms with van der Waals surface area (Å²) in [5.74, 6) is -1.21. The summed E-state index contributed by atoms with van der Waals surface area (Å²) in [6.45, 7) is 2.27. The van der Waals surface area contributed by atoms with Crippen molar-refractivity contribution in [2.45, 2.75) is 122 Å². The van der Waals surface area contributed by atoms with Gasteiger partial charge < -0.3 is 11.5 Å². The van der Waals surface area contributed by atoms with Gasteiger partial charge in [0, 0.05) is 71.5 Å². The van der Waals surface area contributed by atoms with E-state index in [2.05, 4.69) is 6.92 Å². The van der Waals surface area contributed by atoms with Crippen LogP contribution in [0.5, 0.6) is 0 Å². The molecule has 0 aromatic rings. The smallest absolute Gasteiger partial charge is 0.221 e. The average molecular weight is 415 g/mol. The van der Waals surface area contributed by atoms with Gasteiger partial charge in [0.05, 0.1) is 0 Å². The van der Waals surface area contributed by atoms with Crippen molar-refractivity contribution in [1.29, 1.82) is 0 Å². The predicted molar refractivity (Wildman–Crippen MR) is 122 cm³/mol. The summed E-state index contributed by atoms with van der Waals surface area (Å²) in [5.41, 5.74) is 10.5. The van der Waals surface area contributed by atoms with E-state index in [1.807, 2.05) is 0 Å². The third-order valence-corrected chi connectivity index (χ3v) is 5.26. The van der Waals surface area contributed by atoms with Crippen LogP contribution in [0.25, 0.3) is 0 Å². The van der Waals surface area contributed by atoms with E-state index in [0.717, 1.165) is 12.8 Å². The first kappa shape index (κ1) is 33.6. The first-order valence-corrected chi connectivity index (χ1v) is 11.2. The number of hydrogen-bond acceptors (Lipinski definition) is 2. The molecule has 0 rings (SSSR count). The molecule has 6 heteroatoms. The van der Waals surface area contributed by atoms with E-state index in [4.69, 9.17) is 11.5 Å². The number of carbonyl (C=O) groups excluding carboxylic acids is 2. The zero-order valence-corrected chi connectivity index (χ0v) is 23.3. The van der Waals surface area contributed by atoms with Crippen LogP contribution in [-0.2, 0) is 9.59 Å². The molecule has 0 aromatic heterocycles. The van der Waals surface area contributed by atoms with Crippen LogP contribution >= 0.6 is 0 Å². The molecule has 0 bridgehead atoms. The van der Waals surface area contributed by atoms with Gasteiger partial charge >= 0.3 is 0 Å². The molecule has 1 unspecified atom stereocenters. The Morgan fingerprint density at radius 2 is 0.929 bits per heavy atom. The van der Waals surface area contributed by atoms with Crippen molar-refractivity contribution in [2.24, 2.45) is 17.4 Å². The maximum Gasteiger partial charge on any atom is 0.221 e. The first-order chi connectivity index (χ1) is 12.6. The van der Waals surface area contributed by atoms with Crippen molar-refractivity contribution in [2.75, 3.05) is 0 Å². The van der Waals surface area contributed by atoms with E-state index in [0.29, 0.717) is 6.42 Å². The number of hydrogen-bond donors (Lipinski definition) is 2. The predicted octanol–water partition coefficient (Wildman–Crippen LogP) is 4.85. The van der Waals surface area contributed by atoms with Crippen LogP contribution < -0.4 is 11.5 Å². The Morgan fingerprint density at radius 3 is 1.21 bits per heavy atom. The quantitative estimate of drug-likeness (QED) is 0.220. The summed E-state index contributed by atoms with van der Waals surface area (Å²) < 4.78 is 0. The van der Waals surface area contributed by atoms with Crippen molar-refractivity contribution in [1.82, 2.24) is 0 Å². The molecule has 28 heavy (non-hydrogen) atoms. The van der Waals surface area contributed by atoms with Gasteiger partial charge in [0.25, 0.3) is 0 Å². The molecule has 0 aliphatic carbocycles. The van der Waals surface area contributed by atoms with Crippen LogP contribution in [0.2, 0.25) is 0 Å². The van der Waals surface area contributed by atoms with Crippen LogP contribution in [0.15, 0.2) is 0 Å². The molecule has 4 nitrogen and oxygen atoms in total. The molecule has 1 atom stereocenters. The standard InChI is InChI=1S/C22H44N2O2.2Na/c1-2-3-4-5-6-7-8-9-10-11-12-13-14-15-16-17-18-20(22(24)26)19-21(23)25;;/h20H,2-19H2,1H3,(H2,23,25)(H2,24,26);;. The van der Waals surface area contributed by atoms with Gasteiger partial charge in [0.15, 0.2) is 0 Å². The summed E-state index contributed by atoms with van der Waals surface area (Å²) >= 11 is 0. The van der Waals surface area contributed by atoms with Crippen molar-refractivity contribution < 1.29 is 9.59 Å². The van der Waals surface area contributed by atoms with E-state index in [1.165, 1.54) is 89.9 Å². The second-order valence-electron chi connectivity index (χ2n) is 7.86. The molecule has 0 spiro atoms. The van der Waals surface area contributed by atoms with Gasteiger partial charge in [-0.05, 0) is 6.42 Å². The topological polar surface area (TPSA) is 86.2 Å². The summed E-state index contributed by atoms with van der Waals surface area (Å²) in [4.78, 5) is 22.1. The third kappa shape index (κ3) is 25.0. The Kier molecular flexibility index (Phi) is 31.1. The van der Waals surface area contributed by atoms with Crippen LogP contribution in [0.4, 0.5) is 0 Å². The zero-order chi connectivity index (χ0) is 19.5. The van der Waals surface area contributed by atoms with Crippen molar-refractivity contribution in [3.63, 3.8) is 0 Å². The Bertz CT molecular complexity index is 355. The molecule has 0 saturated heterocycles. The van der Waals surface area contributed by atoms with E-state index in [9.17, 15) is 9.59 Å². The number of nitrogens with two attached hydrogens (primary N) is 2. The van der Waals surface area contributed by atoms with Crippen molar-refractivity contribution in [3.8, 4) is 0 Å². The van der Waals surface area contributed by atoms with E-state index < -0.39 is 11.8 Å². The molecule has 4 N–H and O–H groups in total. The number of rotatable bonds is 20. The van der Waals surface area contributed by atoms with Gasteiger partial charge in [-0.25, -0.2) is 0 Å². The molecule has 156 valence electrons. The largest absolute Gasteiger partial charge is 0.370 e. The summed E-state index contributed by atoms with van der Waals surface area (Å²) in [6.07, 6.45) is 22.0. The van der Waals surface area contributed by atoms with Crippen LogP contribution in [-0.4, -0.2) is 70.9 Å². The molecule has 0 aliphatic heterocycles. The molecule has 0 saturated carbocycles. The Morgan fingerprint density at radius 1 is 0.607 bits per heavy atom. The monoisotopic (exact) mass is 414 g/mol. The molecule has 0 aliphatic rings. The zero-order valence-electron chi connectivity index (χ0n) is 19.3. The molecule has 0 fully saturated rings. The van der Waals surface area contributed by atoms with Gasteiger partial charge in [-0.1, -0.05) is 110 Å². The second-order valence-corrected chi connectivity index (χ2v) is 7.86. The Hall–Kier alpha value is 0.940. The fourth-order valence-electron chi connectivity index (χ4n) is 3.53. The molecular formula is C22H44N2Na2O2. The second kappa shape index (κ2) is 26.0. The summed E-state index contributed by atoms with van der Waals surface area (Å²) in [6, 6.07) is 0. The first-order valence-electron chi connectivity index (χ1n) is 11.2. The summed E-state index contributed by atoms with van der Waals surface area (Å²) in [5, 5.41) is 0. The fraction of sp³-hybridized carbons (Fsp3) is 0.909. The number of primary amides is 2. The van der Waals surface area contributed by atoms with Crippen LogP contribution in [0.3, 0.4) is 0 Å². The average Bonchev–Trinajstić information content (AvgIpc) is 2.59. The van der Waals surface area contributed by atoms with Gasteiger partial charge in [0.1, 0.15) is 0 Å². The minimum atomic E-state index is -0.440. The molecule has 0 aromatic carbocycles.